The average Bonchev–Trinajstić information content (AvgIpc) is 3.40. The Hall–Kier alpha value is -3.50. The van der Waals surface area contributed by atoms with E-state index in [1.807, 2.05) is 0 Å². The Morgan fingerprint density at radius 3 is 2.51 bits per heavy atom. The first kappa shape index (κ1) is 25.2. The monoisotopic (exact) mass is 552 g/mol. The van der Waals surface area contributed by atoms with Gasteiger partial charge >= 0.3 is 0 Å². The lowest BCUT2D eigenvalue weighted by atomic mass is 9.95. The van der Waals surface area contributed by atoms with Crippen LogP contribution in [0.3, 0.4) is 0 Å². The van der Waals surface area contributed by atoms with E-state index in [-0.39, 0.29) is 25.2 Å². The molecule has 0 spiro atoms. The number of hydrogen-bond donors (Lipinski definition) is 1. The zero-order valence-electron chi connectivity index (χ0n) is 19.5. The van der Waals surface area contributed by atoms with Crippen LogP contribution in [0.2, 0.25) is 5.02 Å². The molecule has 0 aliphatic rings. The maximum absolute atomic E-state index is 13.7. The van der Waals surface area contributed by atoms with Gasteiger partial charge in [0.25, 0.3) is 0 Å². The lowest BCUT2D eigenvalue weighted by Gasteiger charge is -2.30. The molecule has 2 heterocycles. The maximum Gasteiger partial charge on any atom is 0.217 e. The first-order valence-corrected chi connectivity index (χ1v) is 13.9. The SMILES string of the molecule is Cc1oc2ccccc2c(=O)c1C(c1cccc(Cl)c1)N(CO)c1ncc(S(=O)(=O)c2ccccc2)s1. The Bertz CT molecular complexity index is 1750. The predicted molar refractivity (Wildman–Crippen MR) is 144 cm³/mol. The van der Waals surface area contributed by atoms with Crippen molar-refractivity contribution in [2.24, 2.45) is 0 Å². The van der Waals surface area contributed by atoms with E-state index in [1.54, 1.807) is 73.7 Å². The van der Waals surface area contributed by atoms with Gasteiger partial charge in [-0.05, 0) is 48.9 Å². The summed E-state index contributed by atoms with van der Waals surface area (Å²) in [5.74, 6) is 0.362. The summed E-state index contributed by atoms with van der Waals surface area (Å²) in [6, 6.07) is 21.0. The van der Waals surface area contributed by atoms with Crippen LogP contribution in [0.4, 0.5) is 5.13 Å². The summed E-state index contributed by atoms with van der Waals surface area (Å²) in [5.41, 5.74) is 1.07. The highest BCUT2D eigenvalue weighted by molar-refractivity contribution is 7.93. The molecular weight excluding hydrogens is 532 g/mol. The molecule has 10 heteroatoms. The van der Waals surface area contributed by atoms with Crippen molar-refractivity contribution < 1.29 is 17.9 Å². The Balaban J connectivity index is 1.69. The third kappa shape index (κ3) is 4.67. The first-order chi connectivity index (χ1) is 17.8. The summed E-state index contributed by atoms with van der Waals surface area (Å²) in [6.07, 6.45) is 1.26. The average molecular weight is 553 g/mol. The van der Waals surface area contributed by atoms with Crippen LogP contribution in [0.5, 0.6) is 0 Å². The maximum atomic E-state index is 13.7. The predicted octanol–water partition coefficient (Wildman–Crippen LogP) is 5.59. The number of benzene rings is 3. The van der Waals surface area contributed by atoms with Gasteiger partial charge in [-0.25, -0.2) is 13.4 Å². The molecule has 7 nitrogen and oxygen atoms in total. The van der Waals surface area contributed by atoms with Crippen LogP contribution < -0.4 is 10.3 Å². The van der Waals surface area contributed by atoms with Crippen LogP contribution in [0.1, 0.15) is 22.9 Å². The minimum Gasteiger partial charge on any atom is -0.461 e. The van der Waals surface area contributed by atoms with Crippen molar-refractivity contribution in [3.63, 3.8) is 0 Å². The van der Waals surface area contributed by atoms with Gasteiger partial charge in [-0.1, -0.05) is 65.4 Å². The number of thiazole rings is 1. The number of aryl methyl sites for hydroxylation is 1. The Labute approximate surface area is 222 Å². The Morgan fingerprint density at radius 2 is 1.78 bits per heavy atom. The largest absolute Gasteiger partial charge is 0.461 e. The number of para-hydroxylation sites is 1. The van der Waals surface area contributed by atoms with Crippen molar-refractivity contribution in [3.8, 4) is 0 Å². The van der Waals surface area contributed by atoms with Crippen molar-refractivity contribution in [3.05, 3.63) is 117 Å². The van der Waals surface area contributed by atoms with E-state index >= 15 is 0 Å². The lowest BCUT2D eigenvalue weighted by molar-refractivity contribution is 0.281. The molecule has 0 saturated heterocycles. The van der Waals surface area contributed by atoms with Crippen LogP contribution in [0.25, 0.3) is 11.0 Å². The number of nitrogens with zero attached hydrogens (tertiary/aromatic N) is 2. The van der Waals surface area contributed by atoms with E-state index in [4.69, 9.17) is 16.0 Å². The van der Waals surface area contributed by atoms with Crippen LogP contribution >= 0.6 is 22.9 Å². The quantitative estimate of drug-likeness (QED) is 0.263. The molecule has 0 aliphatic carbocycles. The molecule has 0 aliphatic heterocycles. The third-order valence-corrected chi connectivity index (χ3v) is 9.46. The molecule has 188 valence electrons. The van der Waals surface area contributed by atoms with Crippen LogP contribution in [-0.2, 0) is 9.84 Å². The summed E-state index contributed by atoms with van der Waals surface area (Å²) in [6.45, 7) is 1.13. The number of rotatable bonds is 7. The number of fused-ring (bicyclic) bond motifs is 1. The van der Waals surface area contributed by atoms with Gasteiger partial charge in [0.2, 0.25) is 9.84 Å². The molecule has 2 aromatic heterocycles. The second kappa shape index (κ2) is 10.1. The molecule has 1 N–H and O–H groups in total. The molecule has 0 fully saturated rings. The van der Waals surface area contributed by atoms with Gasteiger partial charge in [0, 0.05) is 5.02 Å². The highest BCUT2D eigenvalue weighted by atomic mass is 35.5. The van der Waals surface area contributed by atoms with Crippen molar-refractivity contribution in [2.75, 3.05) is 11.6 Å². The van der Waals surface area contributed by atoms with Crippen LogP contribution in [0.15, 0.2) is 103 Å². The number of anilines is 1. The number of aliphatic hydroxyl groups excluding tert-OH is 1. The van der Waals surface area contributed by atoms with E-state index in [0.717, 1.165) is 11.3 Å². The van der Waals surface area contributed by atoms with Gasteiger partial charge in [0.05, 0.1) is 28.1 Å². The van der Waals surface area contributed by atoms with Gasteiger partial charge in [-0.15, -0.1) is 0 Å². The van der Waals surface area contributed by atoms with Gasteiger partial charge in [0.1, 0.15) is 22.3 Å². The number of hydrogen-bond acceptors (Lipinski definition) is 8. The first-order valence-electron chi connectivity index (χ1n) is 11.2. The van der Waals surface area contributed by atoms with E-state index in [9.17, 15) is 18.3 Å². The van der Waals surface area contributed by atoms with E-state index in [0.29, 0.717) is 27.3 Å². The van der Waals surface area contributed by atoms with Crippen molar-refractivity contribution >= 4 is 48.9 Å². The topological polar surface area (TPSA) is 101 Å². The van der Waals surface area contributed by atoms with Crippen LogP contribution in [-0.4, -0.2) is 25.2 Å². The summed E-state index contributed by atoms with van der Waals surface area (Å²) < 4.78 is 32.4. The minimum atomic E-state index is -3.82. The van der Waals surface area contributed by atoms with E-state index in [2.05, 4.69) is 4.98 Å². The Morgan fingerprint density at radius 1 is 1.05 bits per heavy atom. The fraction of sp³-hybridized carbons (Fsp3) is 0.111. The van der Waals surface area contributed by atoms with Crippen LogP contribution in [0, 0.1) is 6.92 Å². The normalized spacial score (nSPS) is 12.5. The van der Waals surface area contributed by atoms with Gasteiger partial charge in [-0.2, -0.15) is 0 Å². The molecule has 0 amide bonds. The summed E-state index contributed by atoms with van der Waals surface area (Å²) in [5, 5.41) is 11.6. The fourth-order valence-corrected chi connectivity index (χ4v) is 7.00. The molecule has 1 unspecified atom stereocenters. The molecule has 0 bridgehead atoms. The highest BCUT2D eigenvalue weighted by Gasteiger charge is 2.31. The number of aromatic nitrogens is 1. The second-order valence-corrected chi connectivity index (χ2v) is 11.9. The minimum absolute atomic E-state index is 0.0132. The summed E-state index contributed by atoms with van der Waals surface area (Å²) in [7, 11) is -3.82. The molecule has 5 aromatic rings. The summed E-state index contributed by atoms with van der Waals surface area (Å²) in [4.78, 5) is 19.7. The zero-order chi connectivity index (χ0) is 26.2. The third-order valence-electron chi connectivity index (χ3n) is 5.96. The van der Waals surface area contributed by atoms with Crippen molar-refractivity contribution in [1.82, 2.24) is 4.98 Å². The smallest absolute Gasteiger partial charge is 0.217 e. The molecule has 0 radical (unpaired) electrons. The molecule has 5 rings (SSSR count). The molecule has 1 atom stereocenters. The van der Waals surface area contributed by atoms with E-state index < -0.39 is 22.6 Å². The van der Waals surface area contributed by atoms with Crippen molar-refractivity contribution in [2.45, 2.75) is 22.1 Å². The molecule has 3 aromatic carbocycles. The number of sulfone groups is 1. The van der Waals surface area contributed by atoms with Crippen molar-refractivity contribution in [1.29, 1.82) is 0 Å². The second-order valence-electron chi connectivity index (χ2n) is 8.24. The zero-order valence-corrected chi connectivity index (χ0v) is 21.9. The standard InChI is InChI=1S/C27H21ClN2O5S2/c1-17-24(26(32)21-12-5-6-13-22(21)35-17)25(18-8-7-9-19(28)14-18)30(16-31)27-29-15-23(36-27)37(33,34)20-10-3-2-4-11-20/h2-15,25,31H,16H2,1H3. The molecular formula is C27H21ClN2O5S2. The van der Waals surface area contributed by atoms with Gasteiger partial charge < -0.3 is 14.4 Å². The highest BCUT2D eigenvalue weighted by Crippen LogP contribution is 2.38. The van der Waals surface area contributed by atoms with Gasteiger partial charge in [0.15, 0.2) is 10.6 Å². The van der Waals surface area contributed by atoms with E-state index in [1.165, 1.54) is 23.2 Å². The van der Waals surface area contributed by atoms with Gasteiger partial charge in [-0.3, -0.25) is 4.79 Å². The number of halogens is 1. The fourth-order valence-electron chi connectivity index (χ4n) is 4.24. The summed E-state index contributed by atoms with van der Waals surface area (Å²) >= 11 is 7.21. The lowest BCUT2D eigenvalue weighted by Crippen LogP contribution is -2.34. The molecule has 37 heavy (non-hydrogen) atoms. The molecule has 0 saturated carbocycles. The number of aliphatic hydroxyl groups is 1. The Kier molecular flexibility index (Phi) is 6.87.